The van der Waals surface area contributed by atoms with Crippen molar-refractivity contribution in [3.8, 4) is 6.07 Å². The molecule has 1 nitrogen and oxygen atoms in total. The van der Waals surface area contributed by atoms with Crippen molar-refractivity contribution in [1.82, 2.24) is 0 Å². The van der Waals surface area contributed by atoms with Crippen molar-refractivity contribution >= 4 is 0 Å². The van der Waals surface area contributed by atoms with Crippen LogP contribution < -0.4 is 0 Å². The van der Waals surface area contributed by atoms with Crippen LogP contribution in [0.2, 0.25) is 0 Å². The number of alkyl halides is 1. The van der Waals surface area contributed by atoms with Gasteiger partial charge in [0, 0.05) is 0 Å². The zero-order chi connectivity index (χ0) is 8.69. The summed E-state index contributed by atoms with van der Waals surface area (Å²) in [6.07, 6.45) is 0. The molecule has 0 N–H and O–H groups in total. The average molecular weight is 155 g/mol. The van der Waals surface area contributed by atoms with Gasteiger partial charge >= 0.3 is 0 Å². The Morgan fingerprint density at radius 2 is 2.00 bits per heavy atom. The Bertz CT molecular complexity index is 253. The lowest BCUT2D eigenvalue weighted by molar-refractivity contribution is 0.627. The van der Waals surface area contributed by atoms with Crippen molar-refractivity contribution < 1.29 is 8.78 Å². The van der Waals surface area contributed by atoms with Gasteiger partial charge < -0.3 is 0 Å². The summed E-state index contributed by atoms with van der Waals surface area (Å²) in [4.78, 5) is 0. The second-order valence-corrected chi connectivity index (χ2v) is 1.62. The third-order valence-corrected chi connectivity index (χ3v) is 0.954. The number of benzene rings is 1. The van der Waals surface area contributed by atoms with E-state index in [2.05, 4.69) is 0 Å². The maximum atomic E-state index is 12.2. The van der Waals surface area contributed by atoms with E-state index in [0.29, 0.717) is 12.7 Å². The molecule has 0 atom stereocenters. The van der Waals surface area contributed by atoms with Gasteiger partial charge in [-0.2, -0.15) is 5.26 Å². The minimum Gasteiger partial charge on any atom is -0.255 e. The molecular formula is C8H7F2N. The molecule has 0 amide bonds. The fourth-order valence-electron chi connectivity index (χ4n) is 0.558. The van der Waals surface area contributed by atoms with Crippen molar-refractivity contribution in [2.24, 2.45) is 0 Å². The molecule has 11 heavy (non-hydrogen) atoms. The third kappa shape index (κ3) is 3.31. The summed E-state index contributed by atoms with van der Waals surface area (Å²) in [6.45, 7) is 0. The summed E-state index contributed by atoms with van der Waals surface area (Å²) in [5.74, 6) is -0.367. The van der Waals surface area contributed by atoms with Crippen LogP contribution in [-0.2, 0) is 0 Å². The highest BCUT2D eigenvalue weighted by atomic mass is 19.1. The lowest BCUT2D eigenvalue weighted by Gasteiger charge is -1.85. The number of hydrogen-bond acceptors (Lipinski definition) is 1. The van der Waals surface area contributed by atoms with Crippen molar-refractivity contribution in [2.75, 3.05) is 7.18 Å². The van der Waals surface area contributed by atoms with Gasteiger partial charge in [0.2, 0.25) is 0 Å². The molecule has 0 spiro atoms. The van der Waals surface area contributed by atoms with Crippen LogP contribution in [0.1, 0.15) is 5.56 Å². The van der Waals surface area contributed by atoms with Gasteiger partial charge in [-0.05, 0) is 18.2 Å². The zero-order valence-electron chi connectivity index (χ0n) is 6.01. The van der Waals surface area contributed by atoms with Crippen LogP contribution in [0.25, 0.3) is 0 Å². The Morgan fingerprint density at radius 1 is 1.36 bits per heavy atom. The molecule has 0 aliphatic heterocycles. The Labute approximate surface area is 63.9 Å². The van der Waals surface area contributed by atoms with Crippen molar-refractivity contribution in [3.63, 3.8) is 0 Å². The van der Waals surface area contributed by atoms with E-state index in [4.69, 9.17) is 5.26 Å². The molecule has 0 saturated heterocycles. The predicted octanol–water partition coefficient (Wildman–Crippen LogP) is 2.28. The molecule has 0 bridgehead atoms. The number of hydrogen-bond donors (Lipinski definition) is 0. The van der Waals surface area contributed by atoms with Crippen molar-refractivity contribution in [3.05, 3.63) is 35.6 Å². The maximum Gasteiger partial charge on any atom is 0.124 e. The standard InChI is InChI=1S/C7H4FN.CH3F/c8-7-3-1-2-6(4-7)5-9;1-2/h1-4H;1H3. The van der Waals surface area contributed by atoms with Crippen LogP contribution in [0, 0.1) is 17.1 Å². The number of rotatable bonds is 0. The quantitative estimate of drug-likeness (QED) is 0.563. The van der Waals surface area contributed by atoms with E-state index in [9.17, 15) is 8.78 Å². The molecule has 0 radical (unpaired) electrons. The first-order valence-electron chi connectivity index (χ1n) is 2.86. The highest BCUT2D eigenvalue weighted by Gasteiger charge is 1.89. The van der Waals surface area contributed by atoms with Crippen LogP contribution in [0.3, 0.4) is 0 Å². The number of halogens is 2. The molecule has 0 heterocycles. The second kappa shape index (κ2) is 5.36. The fourth-order valence-corrected chi connectivity index (χ4v) is 0.558. The van der Waals surface area contributed by atoms with Crippen LogP contribution in [0.4, 0.5) is 8.78 Å². The highest BCUT2D eigenvalue weighted by Crippen LogP contribution is 2.00. The van der Waals surface area contributed by atoms with E-state index in [1.165, 1.54) is 18.2 Å². The Kier molecular flexibility index (Phi) is 4.67. The molecule has 1 aromatic rings. The fraction of sp³-hybridized carbons (Fsp3) is 0.125. The number of nitriles is 1. The van der Waals surface area contributed by atoms with Crippen LogP contribution in [0.5, 0.6) is 0 Å². The van der Waals surface area contributed by atoms with Gasteiger partial charge in [0.1, 0.15) is 5.82 Å². The monoisotopic (exact) mass is 155 g/mol. The molecule has 0 fully saturated rings. The largest absolute Gasteiger partial charge is 0.255 e. The van der Waals surface area contributed by atoms with Crippen LogP contribution in [0.15, 0.2) is 24.3 Å². The van der Waals surface area contributed by atoms with E-state index < -0.39 is 0 Å². The molecule has 0 unspecified atom stereocenters. The summed E-state index contributed by atoms with van der Waals surface area (Å²) in [5, 5.41) is 8.25. The molecule has 1 aromatic carbocycles. The molecule has 0 aliphatic carbocycles. The summed E-state index contributed by atoms with van der Waals surface area (Å²) in [6, 6.07) is 7.40. The molecule has 0 aromatic heterocycles. The summed E-state index contributed by atoms with van der Waals surface area (Å²) >= 11 is 0. The Hall–Kier alpha value is -1.43. The first kappa shape index (κ1) is 9.57. The zero-order valence-corrected chi connectivity index (χ0v) is 6.01. The predicted molar refractivity (Wildman–Crippen MR) is 38.1 cm³/mol. The van der Waals surface area contributed by atoms with E-state index >= 15 is 0 Å². The highest BCUT2D eigenvalue weighted by molar-refractivity contribution is 5.28. The van der Waals surface area contributed by atoms with Gasteiger partial charge in [-0.25, -0.2) is 4.39 Å². The van der Waals surface area contributed by atoms with Crippen LogP contribution >= 0.6 is 0 Å². The summed E-state index contributed by atoms with van der Waals surface area (Å²) in [5.41, 5.74) is 0.356. The second-order valence-electron chi connectivity index (χ2n) is 1.62. The molecule has 58 valence electrons. The van der Waals surface area contributed by atoms with Gasteiger partial charge in [0.25, 0.3) is 0 Å². The number of nitrogens with zero attached hydrogens (tertiary/aromatic N) is 1. The van der Waals surface area contributed by atoms with Gasteiger partial charge in [-0.3, -0.25) is 4.39 Å². The van der Waals surface area contributed by atoms with Gasteiger partial charge in [-0.15, -0.1) is 0 Å². The minimum atomic E-state index is -0.367. The lowest BCUT2D eigenvalue weighted by Crippen LogP contribution is -1.74. The topological polar surface area (TPSA) is 23.8 Å². The Morgan fingerprint density at radius 3 is 2.36 bits per heavy atom. The molecule has 1 rings (SSSR count). The van der Waals surface area contributed by atoms with Gasteiger partial charge in [0.15, 0.2) is 0 Å². The smallest absolute Gasteiger partial charge is 0.124 e. The van der Waals surface area contributed by atoms with Gasteiger partial charge in [0.05, 0.1) is 18.8 Å². The van der Waals surface area contributed by atoms with Crippen LogP contribution in [-0.4, -0.2) is 7.18 Å². The SMILES string of the molecule is CF.N#Cc1cccc(F)c1. The van der Waals surface area contributed by atoms with Gasteiger partial charge in [-0.1, -0.05) is 6.07 Å². The van der Waals surface area contributed by atoms with E-state index in [-0.39, 0.29) is 5.82 Å². The Balaban J connectivity index is 0.000000461. The normalized spacial score (nSPS) is 7.45. The molecule has 0 saturated carbocycles. The van der Waals surface area contributed by atoms with Crippen molar-refractivity contribution in [2.45, 2.75) is 0 Å². The molecular weight excluding hydrogens is 148 g/mol. The first-order valence-corrected chi connectivity index (χ1v) is 2.86. The van der Waals surface area contributed by atoms with E-state index in [0.717, 1.165) is 0 Å². The summed E-state index contributed by atoms with van der Waals surface area (Å²) in [7, 11) is 0.500. The van der Waals surface area contributed by atoms with E-state index in [1.807, 2.05) is 6.07 Å². The molecule has 3 heteroatoms. The lowest BCUT2D eigenvalue weighted by atomic mass is 10.2. The third-order valence-electron chi connectivity index (χ3n) is 0.954. The van der Waals surface area contributed by atoms with Crippen molar-refractivity contribution in [1.29, 1.82) is 5.26 Å². The first-order chi connectivity index (χ1) is 5.33. The molecule has 0 aliphatic rings. The average Bonchev–Trinajstić information content (AvgIpc) is 2.08. The maximum absolute atomic E-state index is 12.2. The van der Waals surface area contributed by atoms with E-state index in [1.54, 1.807) is 6.07 Å². The summed E-state index contributed by atoms with van der Waals surface area (Å²) < 4.78 is 21.7. The minimum absolute atomic E-state index is 0.356.